The molecule has 3 saturated carbocycles. The van der Waals surface area contributed by atoms with Gasteiger partial charge in [0.1, 0.15) is 0 Å². The molecule has 0 spiro atoms. The third-order valence-electron chi connectivity index (χ3n) is 6.48. The summed E-state index contributed by atoms with van der Waals surface area (Å²) in [5.41, 5.74) is -0.320. The molecule has 1 amide bonds. The van der Waals surface area contributed by atoms with E-state index in [2.05, 4.69) is 19.2 Å². The Morgan fingerprint density at radius 3 is 2.43 bits per heavy atom. The van der Waals surface area contributed by atoms with Crippen LogP contribution in [0.2, 0.25) is 0 Å². The second kappa shape index (κ2) is 5.57. The van der Waals surface area contributed by atoms with E-state index in [1.54, 1.807) is 0 Å². The first kappa shape index (κ1) is 15.3. The molecule has 3 aliphatic rings. The number of rotatable bonds is 4. The van der Waals surface area contributed by atoms with Gasteiger partial charge >= 0.3 is 0 Å². The van der Waals surface area contributed by atoms with Crippen LogP contribution in [-0.2, 0) is 4.79 Å². The minimum Gasteiger partial charge on any atom is -0.388 e. The molecule has 2 bridgehead atoms. The highest BCUT2D eigenvalue weighted by atomic mass is 16.3. The number of carbonyl (C=O) groups is 1. The monoisotopic (exact) mass is 293 g/mol. The van der Waals surface area contributed by atoms with E-state index < -0.39 is 5.60 Å². The molecule has 0 aliphatic heterocycles. The molecule has 3 atom stereocenters. The van der Waals surface area contributed by atoms with Crippen molar-refractivity contribution in [1.82, 2.24) is 5.32 Å². The molecule has 3 heteroatoms. The smallest absolute Gasteiger partial charge is 0.220 e. The predicted octanol–water partition coefficient (Wildman–Crippen LogP) is 3.26. The molecular formula is C18H31NO2. The number of hydrogen-bond donors (Lipinski definition) is 2. The Labute approximate surface area is 128 Å². The van der Waals surface area contributed by atoms with Crippen LogP contribution < -0.4 is 5.32 Å². The second-order valence-electron chi connectivity index (χ2n) is 8.80. The van der Waals surface area contributed by atoms with Gasteiger partial charge in [0.25, 0.3) is 0 Å². The fraction of sp³-hybridized carbons (Fsp3) is 0.944. The summed E-state index contributed by atoms with van der Waals surface area (Å²) in [5, 5.41) is 13.6. The van der Waals surface area contributed by atoms with Gasteiger partial charge in [-0.15, -0.1) is 0 Å². The van der Waals surface area contributed by atoms with Crippen molar-refractivity contribution in [1.29, 1.82) is 0 Å². The summed E-state index contributed by atoms with van der Waals surface area (Å²) in [6.07, 6.45) is 9.75. The molecule has 3 nitrogen and oxygen atoms in total. The van der Waals surface area contributed by atoms with Crippen LogP contribution in [0.4, 0.5) is 0 Å². The van der Waals surface area contributed by atoms with Gasteiger partial charge in [-0.3, -0.25) is 4.79 Å². The van der Waals surface area contributed by atoms with Crippen molar-refractivity contribution in [3.63, 3.8) is 0 Å². The zero-order valence-corrected chi connectivity index (χ0v) is 13.7. The predicted molar refractivity (Wildman–Crippen MR) is 83.8 cm³/mol. The molecule has 3 aliphatic carbocycles. The zero-order valence-electron chi connectivity index (χ0n) is 13.7. The van der Waals surface area contributed by atoms with Crippen molar-refractivity contribution >= 4 is 5.91 Å². The maximum absolute atomic E-state index is 12.2. The Kier molecular flexibility index (Phi) is 4.06. The molecule has 120 valence electrons. The standard InChI is InChI=1S/C18H31NO2/c1-17(2)5-7-18(21,8-6-17)12-19-16(20)11-15-10-13-3-4-14(15)9-13/h13-15,21H,3-12H2,1-2H3,(H,19,20). The zero-order chi connectivity index (χ0) is 15.1. The molecule has 0 saturated heterocycles. The number of aliphatic hydroxyl groups is 1. The fourth-order valence-electron chi connectivity index (χ4n) is 4.77. The molecule has 3 rings (SSSR count). The van der Waals surface area contributed by atoms with Crippen molar-refractivity contribution in [2.24, 2.45) is 23.2 Å². The van der Waals surface area contributed by atoms with Crippen molar-refractivity contribution in [3.8, 4) is 0 Å². The number of hydrogen-bond acceptors (Lipinski definition) is 2. The molecule has 0 aromatic carbocycles. The van der Waals surface area contributed by atoms with Crippen LogP contribution in [0.1, 0.15) is 71.6 Å². The van der Waals surface area contributed by atoms with E-state index in [9.17, 15) is 9.90 Å². The Bertz CT molecular complexity index is 394. The number of carbonyl (C=O) groups excluding carboxylic acids is 1. The van der Waals surface area contributed by atoms with E-state index in [0.717, 1.165) is 37.5 Å². The lowest BCUT2D eigenvalue weighted by Gasteiger charge is -2.40. The highest BCUT2D eigenvalue weighted by Crippen LogP contribution is 2.49. The summed E-state index contributed by atoms with van der Waals surface area (Å²) in [6.45, 7) is 4.98. The van der Waals surface area contributed by atoms with Crippen LogP contribution in [0.15, 0.2) is 0 Å². The van der Waals surface area contributed by atoms with Gasteiger partial charge in [-0.05, 0) is 68.1 Å². The van der Waals surface area contributed by atoms with Crippen LogP contribution in [0.5, 0.6) is 0 Å². The highest BCUT2D eigenvalue weighted by molar-refractivity contribution is 5.76. The van der Waals surface area contributed by atoms with Gasteiger partial charge in [0.05, 0.1) is 5.60 Å². The topological polar surface area (TPSA) is 49.3 Å². The maximum atomic E-state index is 12.2. The van der Waals surface area contributed by atoms with Gasteiger partial charge in [0.15, 0.2) is 0 Å². The van der Waals surface area contributed by atoms with Crippen LogP contribution in [0.3, 0.4) is 0 Å². The average Bonchev–Trinajstić information content (AvgIpc) is 3.03. The largest absolute Gasteiger partial charge is 0.388 e. The van der Waals surface area contributed by atoms with Crippen LogP contribution in [-0.4, -0.2) is 23.2 Å². The van der Waals surface area contributed by atoms with Crippen LogP contribution >= 0.6 is 0 Å². The number of nitrogens with one attached hydrogen (secondary N) is 1. The first-order chi connectivity index (χ1) is 9.85. The van der Waals surface area contributed by atoms with Gasteiger partial charge in [-0.1, -0.05) is 20.3 Å². The van der Waals surface area contributed by atoms with Crippen molar-refractivity contribution in [3.05, 3.63) is 0 Å². The van der Waals surface area contributed by atoms with Gasteiger partial charge < -0.3 is 10.4 Å². The maximum Gasteiger partial charge on any atom is 0.220 e. The summed E-state index contributed by atoms with van der Waals surface area (Å²) >= 11 is 0. The average molecular weight is 293 g/mol. The van der Waals surface area contributed by atoms with Gasteiger partial charge in [0.2, 0.25) is 5.91 Å². The molecule has 2 N–H and O–H groups in total. The van der Waals surface area contributed by atoms with E-state index in [4.69, 9.17) is 0 Å². The lowest BCUT2D eigenvalue weighted by molar-refractivity contribution is -0.124. The number of amides is 1. The Morgan fingerprint density at radius 2 is 1.86 bits per heavy atom. The molecule has 3 unspecified atom stereocenters. The molecule has 0 heterocycles. The summed E-state index contributed by atoms with van der Waals surface area (Å²) in [7, 11) is 0. The van der Waals surface area contributed by atoms with Gasteiger partial charge in [0, 0.05) is 13.0 Å². The van der Waals surface area contributed by atoms with E-state index >= 15 is 0 Å². The SMILES string of the molecule is CC1(C)CCC(O)(CNC(=O)CC2CC3CCC2C3)CC1. The number of fused-ring (bicyclic) bond motifs is 2. The normalized spacial score (nSPS) is 36.6. The molecule has 0 aromatic rings. The van der Waals surface area contributed by atoms with Crippen molar-refractivity contribution in [2.75, 3.05) is 6.54 Å². The van der Waals surface area contributed by atoms with E-state index in [0.29, 0.717) is 24.3 Å². The summed E-state index contributed by atoms with van der Waals surface area (Å²) in [5.74, 6) is 2.48. The van der Waals surface area contributed by atoms with Crippen LogP contribution in [0, 0.1) is 23.2 Å². The summed E-state index contributed by atoms with van der Waals surface area (Å²) in [4.78, 5) is 12.2. The van der Waals surface area contributed by atoms with Crippen molar-refractivity contribution in [2.45, 2.75) is 77.2 Å². The third kappa shape index (κ3) is 3.61. The van der Waals surface area contributed by atoms with Gasteiger partial charge in [-0.25, -0.2) is 0 Å². The minimum absolute atomic E-state index is 0.158. The molecule has 0 aromatic heterocycles. The van der Waals surface area contributed by atoms with E-state index in [-0.39, 0.29) is 5.91 Å². The Morgan fingerprint density at radius 1 is 1.14 bits per heavy atom. The first-order valence-electron chi connectivity index (χ1n) is 8.84. The van der Waals surface area contributed by atoms with E-state index in [1.807, 2.05) is 0 Å². The lowest BCUT2D eigenvalue weighted by Crippen LogP contribution is -2.46. The minimum atomic E-state index is -0.667. The quantitative estimate of drug-likeness (QED) is 0.836. The molecule has 0 radical (unpaired) electrons. The molecule has 3 fully saturated rings. The molecular weight excluding hydrogens is 262 g/mol. The third-order valence-corrected chi connectivity index (χ3v) is 6.48. The fourth-order valence-corrected chi connectivity index (χ4v) is 4.77. The highest BCUT2D eigenvalue weighted by Gasteiger charge is 2.41. The Hall–Kier alpha value is -0.570. The second-order valence-corrected chi connectivity index (χ2v) is 8.80. The van der Waals surface area contributed by atoms with Gasteiger partial charge in [-0.2, -0.15) is 0 Å². The summed E-state index contributed by atoms with van der Waals surface area (Å²) in [6, 6.07) is 0. The summed E-state index contributed by atoms with van der Waals surface area (Å²) < 4.78 is 0. The first-order valence-corrected chi connectivity index (χ1v) is 8.84. The lowest BCUT2D eigenvalue weighted by atomic mass is 9.71. The van der Waals surface area contributed by atoms with Crippen molar-refractivity contribution < 1.29 is 9.90 Å². The Balaban J connectivity index is 1.41. The van der Waals surface area contributed by atoms with E-state index in [1.165, 1.54) is 25.7 Å². The molecule has 21 heavy (non-hydrogen) atoms. The van der Waals surface area contributed by atoms with Crippen LogP contribution in [0.25, 0.3) is 0 Å².